The molecule has 7 heteroatoms. The Balaban J connectivity index is 0.00000225. The van der Waals surface area contributed by atoms with Crippen LogP contribution in [-0.4, -0.2) is 25.9 Å². The smallest absolute Gasteiger partial charge is 0.160 e. The molecule has 0 fully saturated rings. The van der Waals surface area contributed by atoms with Gasteiger partial charge in [-0.2, -0.15) is 0 Å². The van der Waals surface area contributed by atoms with Crippen molar-refractivity contribution < 1.29 is 14.6 Å². The van der Waals surface area contributed by atoms with Crippen LogP contribution in [-0.2, 0) is 12.8 Å². The molecule has 1 aliphatic rings. The zero-order chi connectivity index (χ0) is 17.3. The van der Waals surface area contributed by atoms with Gasteiger partial charge >= 0.3 is 0 Å². The molecule has 0 bridgehead atoms. The van der Waals surface area contributed by atoms with Gasteiger partial charge in [-0.25, -0.2) is 0 Å². The Kier molecular flexibility index (Phi) is 7.48. The SMILES string of the molecule is COc1cc2c(cc1O)CCN[C@@H]2Cc1cc(I)c(OC)c(I)c1.Cl. The summed E-state index contributed by atoms with van der Waals surface area (Å²) in [5.74, 6) is 1.68. The van der Waals surface area contributed by atoms with Crippen molar-refractivity contribution in [1.29, 1.82) is 0 Å². The molecule has 2 aromatic rings. The molecule has 1 aliphatic heterocycles. The van der Waals surface area contributed by atoms with Gasteiger partial charge in [-0.3, -0.25) is 0 Å². The van der Waals surface area contributed by atoms with Crippen LogP contribution in [0.5, 0.6) is 17.2 Å². The van der Waals surface area contributed by atoms with E-state index in [1.54, 1.807) is 14.2 Å². The van der Waals surface area contributed by atoms with Gasteiger partial charge < -0.3 is 19.9 Å². The van der Waals surface area contributed by atoms with Crippen LogP contribution in [0.2, 0.25) is 0 Å². The number of methoxy groups -OCH3 is 2. The summed E-state index contributed by atoms with van der Waals surface area (Å²) < 4.78 is 13.0. The van der Waals surface area contributed by atoms with Crippen LogP contribution in [0.25, 0.3) is 0 Å². The number of hydrogen-bond donors (Lipinski definition) is 2. The molecule has 0 saturated heterocycles. The molecule has 0 amide bonds. The average molecular weight is 588 g/mol. The summed E-state index contributed by atoms with van der Waals surface area (Å²) in [6.07, 6.45) is 1.80. The molecule has 0 unspecified atom stereocenters. The second-order valence-corrected chi connectivity index (χ2v) is 8.10. The third-order valence-corrected chi connectivity index (χ3v) is 5.91. The number of nitrogens with one attached hydrogen (secondary N) is 1. The fourth-order valence-corrected chi connectivity index (χ4v) is 5.50. The van der Waals surface area contributed by atoms with Crippen LogP contribution in [0.1, 0.15) is 22.7 Å². The number of ether oxygens (including phenoxy) is 2. The molecule has 2 N–H and O–H groups in total. The van der Waals surface area contributed by atoms with E-state index in [4.69, 9.17) is 9.47 Å². The fourth-order valence-electron chi connectivity index (χ4n) is 3.17. The first-order valence-electron chi connectivity index (χ1n) is 7.68. The maximum Gasteiger partial charge on any atom is 0.160 e. The topological polar surface area (TPSA) is 50.7 Å². The van der Waals surface area contributed by atoms with Crippen LogP contribution in [0.4, 0.5) is 0 Å². The first-order chi connectivity index (χ1) is 11.5. The Morgan fingerprint density at radius 3 is 2.40 bits per heavy atom. The highest BCUT2D eigenvalue weighted by molar-refractivity contribution is 14.1. The monoisotopic (exact) mass is 587 g/mol. The molecular weight excluding hydrogens is 567 g/mol. The third-order valence-electron chi connectivity index (χ3n) is 4.30. The molecule has 0 saturated carbocycles. The molecule has 0 aromatic heterocycles. The number of hydrogen-bond acceptors (Lipinski definition) is 4. The average Bonchev–Trinajstić information content (AvgIpc) is 2.54. The number of phenolic OH excluding ortho intramolecular Hbond substituents is 1. The van der Waals surface area contributed by atoms with Gasteiger partial charge in [-0.1, -0.05) is 0 Å². The summed E-state index contributed by atoms with van der Waals surface area (Å²) in [5, 5.41) is 13.6. The number of aromatic hydroxyl groups is 1. The number of benzene rings is 2. The number of halogens is 3. The molecule has 0 spiro atoms. The minimum Gasteiger partial charge on any atom is -0.504 e. The third kappa shape index (κ3) is 4.45. The Hall–Kier alpha value is -0.450. The predicted octanol–water partition coefficient (Wildman–Crippen LogP) is 4.47. The fraction of sp³-hybridized carbons (Fsp3) is 0.333. The standard InChI is InChI=1S/C18H19I2NO3.ClH/c1-23-17-9-12-11(8-16(17)22)3-4-21-15(12)7-10-5-13(19)18(24-2)14(20)6-10;/h5-6,8-9,15,21-22H,3-4,7H2,1-2H3;1H/t15-;/m1./s1. The molecule has 0 aliphatic carbocycles. The van der Waals surface area contributed by atoms with Gasteiger partial charge in [0.25, 0.3) is 0 Å². The predicted molar refractivity (Wildman–Crippen MR) is 118 cm³/mol. The minimum atomic E-state index is 0. The lowest BCUT2D eigenvalue weighted by Crippen LogP contribution is -2.31. The van der Waals surface area contributed by atoms with Gasteiger partial charge in [0.1, 0.15) is 5.75 Å². The van der Waals surface area contributed by atoms with Crippen molar-refractivity contribution in [2.75, 3.05) is 20.8 Å². The van der Waals surface area contributed by atoms with E-state index < -0.39 is 0 Å². The normalized spacial score (nSPS) is 15.9. The summed E-state index contributed by atoms with van der Waals surface area (Å²) in [7, 11) is 3.29. The van der Waals surface area contributed by atoms with Gasteiger partial charge in [0.2, 0.25) is 0 Å². The summed E-state index contributed by atoms with van der Waals surface area (Å²) in [4.78, 5) is 0. The Morgan fingerprint density at radius 2 is 1.80 bits per heavy atom. The van der Waals surface area contributed by atoms with Crippen molar-refractivity contribution in [3.05, 3.63) is 48.1 Å². The van der Waals surface area contributed by atoms with E-state index in [9.17, 15) is 5.11 Å². The lowest BCUT2D eigenvalue weighted by atomic mass is 9.90. The van der Waals surface area contributed by atoms with E-state index in [0.29, 0.717) is 5.75 Å². The van der Waals surface area contributed by atoms with Crippen LogP contribution in [0.3, 0.4) is 0 Å². The lowest BCUT2D eigenvalue weighted by Gasteiger charge is -2.28. The first kappa shape index (κ1) is 20.9. The van der Waals surface area contributed by atoms with E-state index in [1.165, 1.54) is 16.7 Å². The Morgan fingerprint density at radius 1 is 1.12 bits per heavy atom. The van der Waals surface area contributed by atoms with Crippen molar-refractivity contribution in [2.24, 2.45) is 0 Å². The highest BCUT2D eigenvalue weighted by Gasteiger charge is 2.23. The van der Waals surface area contributed by atoms with Crippen molar-refractivity contribution in [1.82, 2.24) is 5.32 Å². The van der Waals surface area contributed by atoms with Gasteiger partial charge in [0.15, 0.2) is 11.5 Å². The quantitative estimate of drug-likeness (QED) is 0.519. The molecule has 3 rings (SSSR count). The number of fused-ring (bicyclic) bond motifs is 1. The minimum absolute atomic E-state index is 0. The van der Waals surface area contributed by atoms with E-state index >= 15 is 0 Å². The maximum atomic E-state index is 10.0. The van der Waals surface area contributed by atoms with E-state index in [-0.39, 0.29) is 24.2 Å². The number of rotatable bonds is 4. The van der Waals surface area contributed by atoms with Crippen LogP contribution in [0, 0.1) is 7.14 Å². The summed E-state index contributed by atoms with van der Waals surface area (Å²) in [6, 6.07) is 8.36. The summed E-state index contributed by atoms with van der Waals surface area (Å²) in [5.41, 5.74) is 3.66. The van der Waals surface area contributed by atoms with Crippen molar-refractivity contribution in [2.45, 2.75) is 18.9 Å². The molecule has 1 heterocycles. The number of phenols is 1. The van der Waals surface area contributed by atoms with Crippen LogP contribution in [0.15, 0.2) is 24.3 Å². The van der Waals surface area contributed by atoms with E-state index in [2.05, 4.69) is 62.6 Å². The Bertz CT molecular complexity index is 747. The van der Waals surface area contributed by atoms with Gasteiger partial charge in [0.05, 0.1) is 21.4 Å². The van der Waals surface area contributed by atoms with E-state index in [1.807, 2.05) is 12.1 Å². The van der Waals surface area contributed by atoms with Crippen molar-refractivity contribution in [3.8, 4) is 17.2 Å². The van der Waals surface area contributed by atoms with Crippen molar-refractivity contribution in [3.63, 3.8) is 0 Å². The molecule has 25 heavy (non-hydrogen) atoms. The summed E-state index contributed by atoms with van der Waals surface area (Å²) >= 11 is 4.64. The van der Waals surface area contributed by atoms with Gasteiger partial charge in [0, 0.05) is 6.04 Å². The highest BCUT2D eigenvalue weighted by atomic mass is 127. The molecule has 1 atom stereocenters. The molecular formula is C18H20ClI2NO3. The zero-order valence-corrected chi connectivity index (χ0v) is 19.1. The van der Waals surface area contributed by atoms with Gasteiger partial charge in [-0.05, 0) is 106 Å². The second kappa shape index (κ2) is 8.96. The Labute approximate surface area is 181 Å². The molecule has 0 radical (unpaired) electrons. The molecule has 136 valence electrons. The maximum absolute atomic E-state index is 10.0. The molecule has 2 aromatic carbocycles. The first-order valence-corrected chi connectivity index (χ1v) is 9.84. The highest BCUT2D eigenvalue weighted by Crippen LogP contribution is 2.36. The lowest BCUT2D eigenvalue weighted by molar-refractivity contribution is 0.370. The zero-order valence-electron chi connectivity index (χ0n) is 13.9. The largest absolute Gasteiger partial charge is 0.504 e. The summed E-state index contributed by atoms with van der Waals surface area (Å²) in [6.45, 7) is 0.910. The van der Waals surface area contributed by atoms with Crippen LogP contribution >= 0.6 is 57.6 Å². The molecule has 4 nitrogen and oxygen atoms in total. The second-order valence-electron chi connectivity index (χ2n) is 5.78. The van der Waals surface area contributed by atoms with Crippen molar-refractivity contribution >= 4 is 57.6 Å². The van der Waals surface area contributed by atoms with E-state index in [0.717, 1.165) is 32.3 Å². The van der Waals surface area contributed by atoms with Crippen LogP contribution < -0.4 is 14.8 Å². The van der Waals surface area contributed by atoms with Gasteiger partial charge in [-0.15, -0.1) is 12.4 Å².